The van der Waals surface area contributed by atoms with Crippen LogP contribution in [0.5, 0.6) is 17.2 Å². The Hall–Kier alpha value is -2.20. The summed E-state index contributed by atoms with van der Waals surface area (Å²) < 4.78 is 16.2. The van der Waals surface area contributed by atoms with E-state index in [0.717, 1.165) is 16.9 Å². The van der Waals surface area contributed by atoms with Gasteiger partial charge in [0.15, 0.2) is 11.5 Å². The van der Waals surface area contributed by atoms with E-state index in [2.05, 4.69) is 0 Å². The Morgan fingerprint density at radius 1 is 0.952 bits per heavy atom. The molecular formula is C17H21NO3. The van der Waals surface area contributed by atoms with Crippen molar-refractivity contribution >= 4 is 0 Å². The molecule has 0 aliphatic rings. The highest BCUT2D eigenvalue weighted by molar-refractivity contribution is 5.48. The van der Waals surface area contributed by atoms with Crippen molar-refractivity contribution in [2.24, 2.45) is 5.73 Å². The highest BCUT2D eigenvalue weighted by atomic mass is 16.5. The van der Waals surface area contributed by atoms with Gasteiger partial charge in [0.05, 0.1) is 26.9 Å². The van der Waals surface area contributed by atoms with Crippen LogP contribution in [0.25, 0.3) is 0 Å². The Morgan fingerprint density at radius 3 is 2.33 bits per heavy atom. The van der Waals surface area contributed by atoms with Gasteiger partial charge in [0.2, 0.25) is 0 Å². The van der Waals surface area contributed by atoms with Crippen LogP contribution in [0.3, 0.4) is 0 Å². The molecule has 1 unspecified atom stereocenters. The van der Waals surface area contributed by atoms with Crippen LogP contribution in [0.4, 0.5) is 0 Å². The van der Waals surface area contributed by atoms with Crippen LogP contribution in [0, 0.1) is 0 Å². The molecule has 4 nitrogen and oxygen atoms in total. The molecule has 1 atom stereocenters. The van der Waals surface area contributed by atoms with Gasteiger partial charge in [-0.2, -0.15) is 0 Å². The Balaban J connectivity index is 2.38. The number of methoxy groups -OCH3 is 2. The first-order valence-corrected chi connectivity index (χ1v) is 6.90. The molecule has 0 aliphatic heterocycles. The third-order valence-electron chi connectivity index (χ3n) is 3.32. The lowest BCUT2D eigenvalue weighted by atomic mass is 9.98. The van der Waals surface area contributed by atoms with Crippen LogP contribution >= 0.6 is 0 Å². The Bertz CT molecular complexity index is 598. The summed E-state index contributed by atoms with van der Waals surface area (Å²) in [5, 5.41) is 0. The second-order valence-electron chi connectivity index (χ2n) is 4.56. The monoisotopic (exact) mass is 287 g/mol. The highest BCUT2D eigenvalue weighted by Gasteiger charge is 2.16. The van der Waals surface area contributed by atoms with E-state index in [4.69, 9.17) is 19.9 Å². The number of hydrogen-bond donors (Lipinski definition) is 1. The van der Waals surface area contributed by atoms with Gasteiger partial charge in [-0.15, -0.1) is 0 Å². The number of para-hydroxylation sites is 1. The molecule has 21 heavy (non-hydrogen) atoms. The van der Waals surface area contributed by atoms with Crippen LogP contribution in [0.2, 0.25) is 0 Å². The molecule has 0 radical (unpaired) electrons. The van der Waals surface area contributed by atoms with E-state index in [9.17, 15) is 0 Å². The molecule has 2 aromatic carbocycles. The molecule has 0 amide bonds. The van der Waals surface area contributed by atoms with E-state index < -0.39 is 0 Å². The topological polar surface area (TPSA) is 53.7 Å². The number of hydrogen-bond acceptors (Lipinski definition) is 4. The number of nitrogens with two attached hydrogens (primary N) is 1. The second kappa shape index (κ2) is 6.99. The maximum absolute atomic E-state index is 6.39. The molecule has 0 fully saturated rings. The maximum atomic E-state index is 6.39. The largest absolute Gasteiger partial charge is 0.494 e. The predicted octanol–water partition coefficient (Wildman–Crippen LogP) is 3.15. The molecule has 2 N–H and O–H groups in total. The number of benzene rings is 2. The van der Waals surface area contributed by atoms with E-state index in [0.29, 0.717) is 18.1 Å². The van der Waals surface area contributed by atoms with E-state index >= 15 is 0 Å². The predicted molar refractivity (Wildman–Crippen MR) is 83.2 cm³/mol. The van der Waals surface area contributed by atoms with Gasteiger partial charge in [-0.05, 0) is 30.7 Å². The zero-order valence-electron chi connectivity index (χ0n) is 12.6. The fourth-order valence-corrected chi connectivity index (χ4v) is 2.25. The van der Waals surface area contributed by atoms with E-state index in [-0.39, 0.29) is 6.04 Å². The van der Waals surface area contributed by atoms with E-state index in [1.807, 2.05) is 49.4 Å². The Morgan fingerprint density at radius 2 is 1.67 bits per heavy atom. The zero-order chi connectivity index (χ0) is 15.2. The van der Waals surface area contributed by atoms with Crippen LogP contribution in [0.15, 0.2) is 42.5 Å². The Labute approximate surface area is 125 Å². The molecule has 0 bridgehead atoms. The summed E-state index contributed by atoms with van der Waals surface area (Å²) in [6.07, 6.45) is 0. The lowest BCUT2D eigenvalue weighted by Crippen LogP contribution is -2.13. The summed E-state index contributed by atoms with van der Waals surface area (Å²) in [7, 11) is 3.23. The minimum absolute atomic E-state index is 0.285. The summed E-state index contributed by atoms with van der Waals surface area (Å²) >= 11 is 0. The van der Waals surface area contributed by atoms with Gasteiger partial charge in [-0.3, -0.25) is 0 Å². The first-order valence-electron chi connectivity index (χ1n) is 6.90. The summed E-state index contributed by atoms with van der Waals surface area (Å²) in [4.78, 5) is 0. The van der Waals surface area contributed by atoms with Crippen molar-refractivity contribution < 1.29 is 14.2 Å². The number of ether oxygens (including phenoxy) is 3. The smallest absolute Gasteiger partial charge is 0.161 e. The van der Waals surface area contributed by atoms with Crippen molar-refractivity contribution in [3.63, 3.8) is 0 Å². The van der Waals surface area contributed by atoms with Crippen LogP contribution in [-0.2, 0) is 0 Å². The fourth-order valence-electron chi connectivity index (χ4n) is 2.25. The van der Waals surface area contributed by atoms with Crippen molar-refractivity contribution in [3.8, 4) is 17.2 Å². The third kappa shape index (κ3) is 3.28. The summed E-state index contributed by atoms with van der Waals surface area (Å²) in [5.74, 6) is 2.16. The lowest BCUT2D eigenvalue weighted by molar-refractivity contribution is 0.335. The summed E-state index contributed by atoms with van der Waals surface area (Å²) in [6.45, 7) is 2.56. The standard InChI is InChI=1S/C17H21NO3/c1-4-21-14-8-6-5-7-13(14)17(18)12-9-10-15(19-2)16(11-12)20-3/h5-11,17H,4,18H2,1-3H3. The zero-order valence-corrected chi connectivity index (χ0v) is 12.6. The highest BCUT2D eigenvalue weighted by Crippen LogP contribution is 2.33. The van der Waals surface area contributed by atoms with Crippen LogP contribution in [-0.4, -0.2) is 20.8 Å². The second-order valence-corrected chi connectivity index (χ2v) is 4.56. The molecule has 112 valence electrons. The SMILES string of the molecule is CCOc1ccccc1C(N)c1ccc(OC)c(OC)c1. The minimum Gasteiger partial charge on any atom is -0.494 e. The van der Waals surface area contributed by atoms with Gasteiger partial charge < -0.3 is 19.9 Å². The van der Waals surface area contributed by atoms with Crippen LogP contribution < -0.4 is 19.9 Å². The molecular weight excluding hydrogens is 266 g/mol. The molecule has 0 saturated carbocycles. The molecule has 2 rings (SSSR count). The van der Waals surface area contributed by atoms with Gasteiger partial charge in [0.1, 0.15) is 5.75 Å². The maximum Gasteiger partial charge on any atom is 0.161 e. The lowest BCUT2D eigenvalue weighted by Gasteiger charge is -2.18. The number of rotatable bonds is 6. The molecule has 0 aliphatic carbocycles. The Kier molecular flexibility index (Phi) is 5.06. The summed E-state index contributed by atoms with van der Waals surface area (Å²) in [5.41, 5.74) is 8.28. The third-order valence-corrected chi connectivity index (χ3v) is 3.32. The van der Waals surface area contributed by atoms with Gasteiger partial charge >= 0.3 is 0 Å². The van der Waals surface area contributed by atoms with Crippen molar-refractivity contribution in [2.45, 2.75) is 13.0 Å². The average Bonchev–Trinajstić information content (AvgIpc) is 2.54. The van der Waals surface area contributed by atoms with Gasteiger partial charge in [0, 0.05) is 5.56 Å². The first kappa shape index (κ1) is 15.2. The minimum atomic E-state index is -0.285. The fraction of sp³-hybridized carbons (Fsp3) is 0.294. The quantitative estimate of drug-likeness (QED) is 0.886. The van der Waals surface area contributed by atoms with Gasteiger partial charge in [-0.25, -0.2) is 0 Å². The van der Waals surface area contributed by atoms with E-state index in [1.165, 1.54) is 0 Å². The molecule has 0 spiro atoms. The molecule has 2 aromatic rings. The van der Waals surface area contributed by atoms with Gasteiger partial charge in [0.25, 0.3) is 0 Å². The summed E-state index contributed by atoms with van der Waals surface area (Å²) in [6, 6.07) is 13.2. The van der Waals surface area contributed by atoms with Crippen molar-refractivity contribution in [1.29, 1.82) is 0 Å². The van der Waals surface area contributed by atoms with Crippen LogP contribution in [0.1, 0.15) is 24.1 Å². The van der Waals surface area contributed by atoms with Crippen molar-refractivity contribution in [3.05, 3.63) is 53.6 Å². The molecule has 4 heteroatoms. The average molecular weight is 287 g/mol. The van der Waals surface area contributed by atoms with Crippen molar-refractivity contribution in [1.82, 2.24) is 0 Å². The van der Waals surface area contributed by atoms with E-state index in [1.54, 1.807) is 14.2 Å². The van der Waals surface area contributed by atoms with Gasteiger partial charge in [-0.1, -0.05) is 24.3 Å². The normalized spacial score (nSPS) is 11.8. The molecule has 0 heterocycles. The van der Waals surface area contributed by atoms with Crippen molar-refractivity contribution in [2.75, 3.05) is 20.8 Å². The molecule has 0 saturated heterocycles. The molecule has 0 aromatic heterocycles. The first-order chi connectivity index (χ1) is 10.2.